The first-order valence-corrected chi connectivity index (χ1v) is 18.3. The van der Waals surface area contributed by atoms with E-state index in [9.17, 15) is 95.5 Å². The van der Waals surface area contributed by atoms with Crippen molar-refractivity contribution in [2.24, 2.45) is 0 Å². The number of carbonyl (C=O) groups excluding carboxylic acids is 4. The number of phenolic OH excluding ortho intramolecular Hbond substituents is 12. The van der Waals surface area contributed by atoms with Crippen molar-refractivity contribution in [2.75, 3.05) is 6.61 Å². The fourth-order valence-electron chi connectivity index (χ4n) is 6.73. The molecule has 25 nitrogen and oxygen atoms in total. The average molecular weight is 923 g/mol. The number of rotatable bonds is 7. The van der Waals surface area contributed by atoms with Crippen LogP contribution in [0.4, 0.5) is 0 Å². The van der Waals surface area contributed by atoms with Gasteiger partial charge in [-0.15, -0.1) is 0 Å². The van der Waals surface area contributed by atoms with Gasteiger partial charge >= 0.3 is 29.8 Å². The number of hydrogen-bond acceptors (Lipinski definition) is 24. The maximum absolute atomic E-state index is 14.3. The van der Waals surface area contributed by atoms with Crippen LogP contribution in [0.25, 0.3) is 11.1 Å². The topological polar surface area (TPSA) is 424 Å². The molecule has 2 heterocycles. The summed E-state index contributed by atoms with van der Waals surface area (Å²) in [6.07, 6.45) is -11.7. The van der Waals surface area contributed by atoms with E-state index >= 15 is 0 Å². The molecule has 0 amide bonds. The summed E-state index contributed by atoms with van der Waals surface area (Å²) in [7, 11) is 0. The van der Waals surface area contributed by atoms with E-state index < -0.39 is 187 Å². The number of esters is 4. The number of aliphatic hydroxyl groups excluding tert-OH is 1. The Morgan fingerprint density at radius 2 is 1.08 bits per heavy atom. The van der Waals surface area contributed by atoms with Gasteiger partial charge in [0.25, 0.3) is 0 Å². The number of carboxylic acid groups (broad SMARTS) is 1. The Labute approximate surface area is 364 Å². The van der Waals surface area contributed by atoms with Gasteiger partial charge in [-0.2, -0.15) is 0 Å². The Morgan fingerprint density at radius 3 is 1.65 bits per heavy atom. The molecule has 0 aliphatic carbocycles. The third-order valence-electron chi connectivity index (χ3n) is 9.94. The molecule has 5 atom stereocenters. The first-order valence-electron chi connectivity index (χ1n) is 18.3. The van der Waals surface area contributed by atoms with Crippen LogP contribution in [-0.2, 0) is 23.7 Å². The van der Waals surface area contributed by atoms with Gasteiger partial charge in [-0.1, -0.05) is 0 Å². The lowest BCUT2D eigenvalue weighted by atomic mass is 9.92. The number of benzene rings is 5. The molecule has 14 N–H and O–H groups in total. The summed E-state index contributed by atoms with van der Waals surface area (Å²) < 4.78 is 33.0. The van der Waals surface area contributed by atoms with Crippen molar-refractivity contribution in [1.29, 1.82) is 0 Å². The Kier molecular flexibility index (Phi) is 11.4. The molecule has 0 saturated carbocycles. The molecule has 5 aromatic carbocycles. The maximum Gasteiger partial charge on any atom is 0.342 e. The number of hydrogen-bond donors (Lipinski definition) is 14. The van der Waals surface area contributed by atoms with Gasteiger partial charge in [0.15, 0.2) is 87.8 Å². The normalized spacial score (nSPS) is 19.1. The highest BCUT2D eigenvalue weighted by molar-refractivity contribution is 6.08. The SMILES string of the molecule is O=C(O)c1ccc(Oc2cc(O)c(O)cc2C(=O)O[C@@H]2C(O)OC3COC(=O)c4cc(O)c(O)c(O)c4-c4c(cc(O)c(O)c4O)C(=O)O[C@H]3[C@@H]2OC(=O)c2cc(O)c(O)c(O)c2)c(O)c1. The molecule has 66 heavy (non-hydrogen) atoms. The molecule has 1 saturated heterocycles. The van der Waals surface area contributed by atoms with E-state index in [1.165, 1.54) is 0 Å². The van der Waals surface area contributed by atoms with Crippen molar-refractivity contribution in [1.82, 2.24) is 0 Å². The summed E-state index contributed by atoms with van der Waals surface area (Å²) in [6.45, 7) is -1.15. The summed E-state index contributed by atoms with van der Waals surface area (Å²) in [5.74, 6) is -23.2. The standard InChI is InChI=1S/C41H30O25/c42-16-6-13(24(9-17(16)43)62-23-2-1-11(36(54)55)3-18(23)44)39(58)66-35-34(65-37(56)12-4-19(45)28(49)20(46)5-12)33-25(63-41(35)60)10-61-38(57)14-7-21(47)29(50)31(52)26(14)27-15(40(59)64-33)8-22(48)30(51)32(27)53/h1-9,25,33-35,41-53,60H,10H2,(H,54,55)/t25?,33-,34+,35+,41?/m1/s1. The van der Waals surface area contributed by atoms with Gasteiger partial charge in [0.2, 0.25) is 11.5 Å². The second-order valence-electron chi connectivity index (χ2n) is 14.1. The minimum absolute atomic E-state index is 0.404. The predicted molar refractivity (Wildman–Crippen MR) is 207 cm³/mol. The molecule has 2 aliphatic rings. The molecule has 7 rings (SSSR count). The van der Waals surface area contributed by atoms with Gasteiger partial charge in [0, 0.05) is 23.3 Å². The van der Waals surface area contributed by atoms with Crippen molar-refractivity contribution in [2.45, 2.75) is 30.7 Å². The number of ether oxygens (including phenoxy) is 6. The van der Waals surface area contributed by atoms with E-state index in [0.29, 0.717) is 36.4 Å². The molecule has 0 spiro atoms. The van der Waals surface area contributed by atoms with Crippen LogP contribution in [0.2, 0.25) is 0 Å². The molecule has 344 valence electrons. The molecule has 1 fully saturated rings. The molecule has 5 aromatic rings. The van der Waals surface area contributed by atoms with Crippen molar-refractivity contribution in [3.63, 3.8) is 0 Å². The highest BCUT2D eigenvalue weighted by atomic mass is 16.7. The molecular formula is C41H30O25. The van der Waals surface area contributed by atoms with Gasteiger partial charge in [0.1, 0.15) is 24.0 Å². The first kappa shape index (κ1) is 44.8. The number of carbonyl (C=O) groups is 5. The summed E-state index contributed by atoms with van der Waals surface area (Å²) in [5, 5.41) is 146. The Hall–Kier alpha value is -9.23. The van der Waals surface area contributed by atoms with Crippen molar-refractivity contribution < 1.29 is 124 Å². The monoisotopic (exact) mass is 922 g/mol. The van der Waals surface area contributed by atoms with E-state index in [0.717, 1.165) is 18.2 Å². The van der Waals surface area contributed by atoms with E-state index in [2.05, 4.69) is 0 Å². The fourth-order valence-corrected chi connectivity index (χ4v) is 6.73. The zero-order valence-electron chi connectivity index (χ0n) is 32.5. The first-order chi connectivity index (χ1) is 31.1. The molecule has 2 aliphatic heterocycles. The summed E-state index contributed by atoms with van der Waals surface area (Å²) in [5.41, 5.74) is -6.05. The number of aromatic hydroxyl groups is 12. The Balaban J connectivity index is 1.35. The van der Waals surface area contributed by atoms with E-state index in [4.69, 9.17) is 28.4 Å². The number of carboxylic acids is 1. The van der Waals surface area contributed by atoms with Gasteiger partial charge in [-0.05, 0) is 42.5 Å². The van der Waals surface area contributed by atoms with Crippen LogP contribution in [0.5, 0.6) is 80.5 Å². The third-order valence-corrected chi connectivity index (χ3v) is 9.94. The summed E-state index contributed by atoms with van der Waals surface area (Å²) in [6, 6.07) is 5.95. The number of aromatic carboxylic acids is 1. The van der Waals surface area contributed by atoms with Crippen molar-refractivity contribution >= 4 is 29.8 Å². The van der Waals surface area contributed by atoms with E-state index in [-0.39, 0.29) is 0 Å². The number of cyclic esters (lactones) is 1. The van der Waals surface area contributed by atoms with Gasteiger partial charge in [-0.3, -0.25) is 0 Å². The number of phenols is 12. The molecule has 2 unspecified atom stereocenters. The maximum atomic E-state index is 14.3. The van der Waals surface area contributed by atoms with Gasteiger partial charge < -0.3 is 99.9 Å². The fraction of sp³-hybridized carbons (Fsp3) is 0.146. The molecular weight excluding hydrogens is 892 g/mol. The van der Waals surface area contributed by atoms with Crippen LogP contribution in [0.15, 0.2) is 54.6 Å². The predicted octanol–water partition coefficient (Wildman–Crippen LogP) is 2.18. The largest absolute Gasteiger partial charge is 0.504 e. The smallest absolute Gasteiger partial charge is 0.342 e. The molecule has 0 bridgehead atoms. The molecule has 25 heteroatoms. The quantitative estimate of drug-likeness (QED) is 0.0632. The Morgan fingerprint density at radius 1 is 0.545 bits per heavy atom. The van der Waals surface area contributed by atoms with E-state index in [1.807, 2.05) is 0 Å². The van der Waals surface area contributed by atoms with Crippen LogP contribution in [0, 0.1) is 0 Å². The second kappa shape index (κ2) is 16.8. The molecule has 0 aromatic heterocycles. The number of fused-ring (bicyclic) bond motifs is 4. The molecule has 0 radical (unpaired) electrons. The zero-order valence-corrected chi connectivity index (χ0v) is 32.5. The zero-order chi connectivity index (χ0) is 48.2. The van der Waals surface area contributed by atoms with Crippen molar-refractivity contribution in [3.8, 4) is 91.6 Å². The van der Waals surface area contributed by atoms with Crippen LogP contribution in [-0.4, -0.2) is 139 Å². The minimum atomic E-state index is -2.53. The van der Waals surface area contributed by atoms with Crippen LogP contribution < -0.4 is 4.74 Å². The van der Waals surface area contributed by atoms with Crippen LogP contribution in [0.3, 0.4) is 0 Å². The average Bonchev–Trinajstić information content (AvgIpc) is 3.27. The third kappa shape index (κ3) is 7.99. The van der Waals surface area contributed by atoms with Gasteiger partial charge in [0.05, 0.1) is 22.3 Å². The second-order valence-corrected chi connectivity index (χ2v) is 14.1. The van der Waals surface area contributed by atoms with Crippen molar-refractivity contribution in [3.05, 3.63) is 82.4 Å². The highest BCUT2D eigenvalue weighted by Crippen LogP contribution is 2.53. The highest BCUT2D eigenvalue weighted by Gasteiger charge is 2.53. The van der Waals surface area contributed by atoms with Gasteiger partial charge in [-0.25, -0.2) is 24.0 Å². The Bertz CT molecular complexity index is 2860. The lowest BCUT2D eigenvalue weighted by Crippen LogP contribution is -2.62. The van der Waals surface area contributed by atoms with Crippen LogP contribution in [0.1, 0.15) is 51.8 Å². The minimum Gasteiger partial charge on any atom is -0.504 e. The lowest BCUT2D eigenvalue weighted by molar-refractivity contribution is -0.284. The summed E-state index contributed by atoms with van der Waals surface area (Å²) in [4.78, 5) is 67.1. The van der Waals surface area contributed by atoms with E-state index in [1.54, 1.807) is 0 Å². The van der Waals surface area contributed by atoms with Crippen LogP contribution >= 0.6 is 0 Å². The number of aliphatic hydroxyl groups is 1. The lowest BCUT2D eigenvalue weighted by Gasteiger charge is -2.42. The summed E-state index contributed by atoms with van der Waals surface area (Å²) >= 11 is 0.